The second-order valence-electron chi connectivity index (χ2n) is 4.17. The molecule has 5 nitrogen and oxygen atoms in total. The Morgan fingerprint density at radius 1 is 1.62 bits per heavy atom. The molecule has 0 saturated carbocycles. The number of carbonyl (C=O) groups excluding carboxylic acids is 1. The second kappa shape index (κ2) is 5.98. The van der Waals surface area contributed by atoms with Crippen LogP contribution in [0.2, 0.25) is 0 Å². The first-order chi connectivity index (χ1) is 7.53. The number of amides is 1. The zero-order valence-corrected chi connectivity index (χ0v) is 9.91. The Bertz CT molecular complexity index is 254. The second-order valence-corrected chi connectivity index (χ2v) is 4.17. The van der Waals surface area contributed by atoms with Crippen LogP contribution in [0, 0.1) is 0 Å². The molecular formula is C11H20N2O3. The third kappa shape index (κ3) is 4.74. The van der Waals surface area contributed by atoms with Crippen molar-refractivity contribution in [2.45, 2.75) is 25.7 Å². The molecule has 2 N–H and O–H groups in total. The third-order valence-corrected chi connectivity index (χ3v) is 2.17. The van der Waals surface area contributed by atoms with E-state index in [1.165, 1.54) is 0 Å². The summed E-state index contributed by atoms with van der Waals surface area (Å²) in [7, 11) is 0. The SMILES string of the molecule is C=CCNCC(=O)NCC1COC(C)(C)O1. The Balaban J connectivity index is 2.10. The molecule has 5 heteroatoms. The van der Waals surface area contributed by atoms with Gasteiger partial charge in [-0.25, -0.2) is 0 Å². The lowest BCUT2D eigenvalue weighted by Crippen LogP contribution is -2.39. The highest BCUT2D eigenvalue weighted by atomic mass is 16.7. The van der Waals surface area contributed by atoms with E-state index in [9.17, 15) is 4.79 Å². The van der Waals surface area contributed by atoms with Crippen molar-refractivity contribution in [1.82, 2.24) is 10.6 Å². The van der Waals surface area contributed by atoms with Crippen LogP contribution in [0.4, 0.5) is 0 Å². The van der Waals surface area contributed by atoms with E-state index < -0.39 is 5.79 Å². The zero-order valence-electron chi connectivity index (χ0n) is 9.91. The molecule has 92 valence electrons. The summed E-state index contributed by atoms with van der Waals surface area (Å²) in [6, 6.07) is 0. The molecule has 0 aromatic heterocycles. The van der Waals surface area contributed by atoms with Crippen molar-refractivity contribution in [3.63, 3.8) is 0 Å². The summed E-state index contributed by atoms with van der Waals surface area (Å²) in [6.45, 7) is 9.20. The summed E-state index contributed by atoms with van der Waals surface area (Å²) in [6.07, 6.45) is 1.65. The number of ether oxygens (including phenoxy) is 2. The topological polar surface area (TPSA) is 59.6 Å². The summed E-state index contributed by atoms with van der Waals surface area (Å²) in [5.74, 6) is -0.577. The van der Waals surface area contributed by atoms with Gasteiger partial charge in [-0.3, -0.25) is 4.79 Å². The Morgan fingerprint density at radius 3 is 2.94 bits per heavy atom. The van der Waals surface area contributed by atoms with E-state index in [1.54, 1.807) is 6.08 Å². The van der Waals surface area contributed by atoms with E-state index in [2.05, 4.69) is 17.2 Å². The average Bonchev–Trinajstić information content (AvgIpc) is 2.56. The molecule has 0 radical (unpaired) electrons. The number of hydrogen-bond acceptors (Lipinski definition) is 4. The molecule has 1 atom stereocenters. The molecule has 1 unspecified atom stereocenters. The van der Waals surface area contributed by atoms with Crippen molar-refractivity contribution < 1.29 is 14.3 Å². The highest BCUT2D eigenvalue weighted by molar-refractivity contribution is 5.78. The molecule has 1 saturated heterocycles. The van der Waals surface area contributed by atoms with Crippen molar-refractivity contribution in [1.29, 1.82) is 0 Å². The van der Waals surface area contributed by atoms with Gasteiger partial charge in [-0.15, -0.1) is 6.58 Å². The normalized spacial score (nSPS) is 23.0. The predicted molar refractivity (Wildman–Crippen MR) is 61.0 cm³/mol. The van der Waals surface area contributed by atoms with Gasteiger partial charge in [-0.05, 0) is 13.8 Å². The molecule has 0 bridgehead atoms. The van der Waals surface area contributed by atoms with Crippen LogP contribution in [0.3, 0.4) is 0 Å². The van der Waals surface area contributed by atoms with Gasteiger partial charge in [-0.1, -0.05) is 6.08 Å². The molecule has 1 rings (SSSR count). The molecule has 0 aromatic rings. The maximum Gasteiger partial charge on any atom is 0.234 e. The van der Waals surface area contributed by atoms with Crippen molar-refractivity contribution in [2.24, 2.45) is 0 Å². The van der Waals surface area contributed by atoms with Crippen molar-refractivity contribution >= 4 is 5.91 Å². The van der Waals surface area contributed by atoms with Gasteiger partial charge >= 0.3 is 0 Å². The van der Waals surface area contributed by atoms with Crippen LogP contribution in [0.5, 0.6) is 0 Å². The van der Waals surface area contributed by atoms with E-state index in [4.69, 9.17) is 9.47 Å². The van der Waals surface area contributed by atoms with E-state index in [-0.39, 0.29) is 12.0 Å². The van der Waals surface area contributed by atoms with Gasteiger partial charge in [0.05, 0.1) is 13.2 Å². The summed E-state index contributed by atoms with van der Waals surface area (Å²) < 4.78 is 10.9. The van der Waals surface area contributed by atoms with Crippen molar-refractivity contribution in [2.75, 3.05) is 26.2 Å². The lowest BCUT2D eigenvalue weighted by molar-refractivity contribution is -0.139. The van der Waals surface area contributed by atoms with Crippen LogP contribution in [0.25, 0.3) is 0 Å². The average molecular weight is 228 g/mol. The standard InChI is InChI=1S/C11H20N2O3/c1-4-5-12-7-10(14)13-6-9-8-15-11(2,3)16-9/h4,9,12H,1,5-8H2,2-3H3,(H,13,14). The van der Waals surface area contributed by atoms with Crippen LogP contribution >= 0.6 is 0 Å². The Morgan fingerprint density at radius 2 is 2.38 bits per heavy atom. The smallest absolute Gasteiger partial charge is 0.234 e. The van der Waals surface area contributed by atoms with Gasteiger partial charge in [0.25, 0.3) is 0 Å². The molecule has 1 heterocycles. The number of hydrogen-bond donors (Lipinski definition) is 2. The predicted octanol–water partition coefficient (Wildman–Crippen LogP) is 0.0297. The van der Waals surface area contributed by atoms with Gasteiger partial charge in [-0.2, -0.15) is 0 Å². The van der Waals surface area contributed by atoms with Gasteiger partial charge in [0.1, 0.15) is 6.10 Å². The van der Waals surface area contributed by atoms with E-state index in [0.29, 0.717) is 26.2 Å². The lowest BCUT2D eigenvalue weighted by Gasteiger charge is -2.17. The fourth-order valence-corrected chi connectivity index (χ4v) is 1.44. The first-order valence-corrected chi connectivity index (χ1v) is 5.43. The molecule has 1 aliphatic rings. The highest BCUT2D eigenvalue weighted by Crippen LogP contribution is 2.21. The number of rotatable bonds is 6. The minimum absolute atomic E-state index is 0.0462. The molecule has 16 heavy (non-hydrogen) atoms. The van der Waals surface area contributed by atoms with Crippen LogP contribution in [-0.4, -0.2) is 44.0 Å². The zero-order chi connectivity index (χ0) is 12.0. The molecule has 1 amide bonds. The van der Waals surface area contributed by atoms with E-state index in [1.807, 2.05) is 13.8 Å². The molecule has 0 aliphatic carbocycles. The first kappa shape index (κ1) is 13.2. The van der Waals surface area contributed by atoms with E-state index in [0.717, 1.165) is 0 Å². The highest BCUT2D eigenvalue weighted by Gasteiger charge is 2.32. The van der Waals surface area contributed by atoms with Gasteiger partial charge in [0.2, 0.25) is 5.91 Å². The minimum atomic E-state index is -0.531. The first-order valence-electron chi connectivity index (χ1n) is 5.43. The lowest BCUT2D eigenvalue weighted by atomic mass is 10.3. The van der Waals surface area contributed by atoms with Crippen LogP contribution in [0.15, 0.2) is 12.7 Å². The number of nitrogens with one attached hydrogen (secondary N) is 2. The van der Waals surface area contributed by atoms with Crippen LogP contribution in [-0.2, 0) is 14.3 Å². The fraction of sp³-hybridized carbons (Fsp3) is 0.727. The molecule has 0 aromatic carbocycles. The fourth-order valence-electron chi connectivity index (χ4n) is 1.44. The van der Waals surface area contributed by atoms with E-state index >= 15 is 0 Å². The van der Waals surface area contributed by atoms with Crippen LogP contribution < -0.4 is 10.6 Å². The number of carbonyl (C=O) groups is 1. The monoisotopic (exact) mass is 228 g/mol. The third-order valence-electron chi connectivity index (χ3n) is 2.17. The summed E-state index contributed by atoms with van der Waals surface area (Å²) in [5.41, 5.74) is 0. The minimum Gasteiger partial charge on any atom is -0.352 e. The maximum atomic E-state index is 11.3. The molecular weight excluding hydrogens is 208 g/mol. The summed E-state index contributed by atoms with van der Waals surface area (Å²) in [4.78, 5) is 11.3. The van der Waals surface area contributed by atoms with Gasteiger partial charge < -0.3 is 20.1 Å². The Labute approximate surface area is 96.2 Å². The summed E-state index contributed by atoms with van der Waals surface area (Å²) in [5, 5.41) is 5.70. The molecule has 0 spiro atoms. The molecule has 1 fully saturated rings. The maximum absolute atomic E-state index is 11.3. The Kier molecular flexibility index (Phi) is 4.92. The van der Waals surface area contributed by atoms with Crippen LogP contribution in [0.1, 0.15) is 13.8 Å². The largest absolute Gasteiger partial charge is 0.352 e. The quantitative estimate of drug-likeness (QED) is 0.497. The molecule has 1 aliphatic heterocycles. The summed E-state index contributed by atoms with van der Waals surface area (Å²) >= 11 is 0. The van der Waals surface area contributed by atoms with Crippen molar-refractivity contribution in [3.05, 3.63) is 12.7 Å². The van der Waals surface area contributed by atoms with Gasteiger partial charge in [0.15, 0.2) is 5.79 Å². The van der Waals surface area contributed by atoms with Gasteiger partial charge in [0, 0.05) is 13.1 Å². The Hall–Kier alpha value is -0.910. The van der Waals surface area contributed by atoms with Crippen molar-refractivity contribution in [3.8, 4) is 0 Å².